The summed E-state index contributed by atoms with van der Waals surface area (Å²) >= 11 is 0. The minimum atomic E-state index is 0.150. The van der Waals surface area contributed by atoms with Crippen LogP contribution in [0.2, 0.25) is 0 Å². The molecule has 182 valence electrons. The molecule has 0 aliphatic heterocycles. The number of benzene rings is 1. The largest absolute Gasteiger partial charge is 0.497 e. The van der Waals surface area contributed by atoms with E-state index in [9.17, 15) is 4.79 Å². The number of allylic oxidation sites excluding steroid dienone is 2. The molecule has 0 aromatic heterocycles. The molecule has 4 nitrogen and oxygen atoms in total. The van der Waals surface area contributed by atoms with Crippen molar-refractivity contribution >= 4 is 5.91 Å². The predicted molar refractivity (Wildman–Crippen MR) is 136 cm³/mol. The van der Waals surface area contributed by atoms with Gasteiger partial charge >= 0.3 is 0 Å². The standard InChI is InChI=1S/C28H47NO3/c1-4-5-6-7-8-9-10-11-12-13-14-15-16-17-18-19-28(30)29-21-20-25-22-26(31-2)24-27(23-25)32-3/h11-12,22-24H,4-10,13-21H2,1-3H3,(H,29,30)/b12-11-. The summed E-state index contributed by atoms with van der Waals surface area (Å²) in [7, 11) is 3.29. The van der Waals surface area contributed by atoms with E-state index in [0.717, 1.165) is 36.3 Å². The molecular formula is C28H47NO3. The molecule has 0 spiro atoms. The Labute approximate surface area is 197 Å². The van der Waals surface area contributed by atoms with E-state index in [4.69, 9.17) is 9.47 Å². The van der Waals surface area contributed by atoms with Crippen LogP contribution in [0.4, 0.5) is 0 Å². The Balaban J connectivity index is 1.95. The van der Waals surface area contributed by atoms with E-state index >= 15 is 0 Å². The second-order valence-electron chi connectivity index (χ2n) is 8.66. The van der Waals surface area contributed by atoms with Crippen molar-refractivity contribution in [1.82, 2.24) is 5.32 Å². The van der Waals surface area contributed by atoms with Gasteiger partial charge in [-0.15, -0.1) is 0 Å². The van der Waals surface area contributed by atoms with Crippen molar-refractivity contribution in [3.05, 3.63) is 35.9 Å². The molecule has 1 amide bonds. The molecule has 0 unspecified atom stereocenters. The molecule has 0 heterocycles. The summed E-state index contributed by atoms with van der Waals surface area (Å²) in [6.07, 6.45) is 22.7. The lowest BCUT2D eigenvalue weighted by atomic mass is 10.1. The first-order valence-corrected chi connectivity index (χ1v) is 12.8. The maximum Gasteiger partial charge on any atom is 0.220 e. The number of hydrogen-bond acceptors (Lipinski definition) is 3. The van der Waals surface area contributed by atoms with Crippen LogP contribution in [-0.4, -0.2) is 26.7 Å². The summed E-state index contributed by atoms with van der Waals surface area (Å²) in [4.78, 5) is 12.0. The van der Waals surface area contributed by atoms with Crippen molar-refractivity contribution in [2.45, 2.75) is 103 Å². The van der Waals surface area contributed by atoms with Gasteiger partial charge < -0.3 is 14.8 Å². The smallest absolute Gasteiger partial charge is 0.220 e. The van der Waals surface area contributed by atoms with Crippen molar-refractivity contribution in [2.75, 3.05) is 20.8 Å². The Kier molecular flexibility index (Phi) is 17.3. The molecule has 0 atom stereocenters. The average molecular weight is 446 g/mol. The lowest BCUT2D eigenvalue weighted by Gasteiger charge is -2.09. The monoisotopic (exact) mass is 445 g/mol. The molecule has 0 fully saturated rings. The zero-order valence-corrected chi connectivity index (χ0v) is 20.9. The Bertz CT molecular complexity index is 605. The van der Waals surface area contributed by atoms with Gasteiger partial charge in [-0.05, 0) is 56.2 Å². The first-order valence-electron chi connectivity index (χ1n) is 12.8. The highest BCUT2D eigenvalue weighted by Gasteiger charge is 2.04. The van der Waals surface area contributed by atoms with E-state index in [0.29, 0.717) is 13.0 Å². The van der Waals surface area contributed by atoms with E-state index in [1.54, 1.807) is 14.2 Å². The van der Waals surface area contributed by atoms with E-state index in [-0.39, 0.29) is 5.91 Å². The second kappa shape index (κ2) is 19.7. The molecule has 1 aromatic rings. The van der Waals surface area contributed by atoms with Gasteiger partial charge in [0, 0.05) is 19.0 Å². The van der Waals surface area contributed by atoms with Crippen LogP contribution in [-0.2, 0) is 11.2 Å². The minimum absolute atomic E-state index is 0.150. The molecule has 1 rings (SSSR count). The predicted octanol–water partition coefficient (Wildman–Crippen LogP) is 7.40. The van der Waals surface area contributed by atoms with Gasteiger partial charge in [0.1, 0.15) is 11.5 Å². The third-order valence-electron chi connectivity index (χ3n) is 5.81. The van der Waals surface area contributed by atoms with E-state index in [1.165, 1.54) is 70.6 Å². The third kappa shape index (κ3) is 14.9. The first-order chi connectivity index (χ1) is 15.7. The van der Waals surface area contributed by atoms with Crippen molar-refractivity contribution in [3.63, 3.8) is 0 Å². The Morgan fingerprint density at radius 3 is 1.88 bits per heavy atom. The average Bonchev–Trinajstić information content (AvgIpc) is 2.81. The van der Waals surface area contributed by atoms with Crippen LogP contribution in [0, 0.1) is 0 Å². The number of amides is 1. The molecular weight excluding hydrogens is 398 g/mol. The van der Waals surface area contributed by atoms with Gasteiger partial charge in [-0.25, -0.2) is 0 Å². The summed E-state index contributed by atoms with van der Waals surface area (Å²) in [6, 6.07) is 5.83. The molecule has 1 N–H and O–H groups in total. The van der Waals surface area contributed by atoms with Crippen LogP contribution in [0.25, 0.3) is 0 Å². The SMILES string of the molecule is CCCCCCCC/C=C\CCCCCCCC(=O)NCCc1cc(OC)cc(OC)c1. The molecule has 1 aromatic carbocycles. The quantitative estimate of drug-likeness (QED) is 0.168. The minimum Gasteiger partial charge on any atom is -0.497 e. The molecule has 4 heteroatoms. The topological polar surface area (TPSA) is 47.6 Å². The van der Waals surface area contributed by atoms with E-state index < -0.39 is 0 Å². The van der Waals surface area contributed by atoms with Crippen molar-refractivity contribution in [1.29, 1.82) is 0 Å². The van der Waals surface area contributed by atoms with E-state index in [1.807, 2.05) is 18.2 Å². The molecule has 0 saturated heterocycles. The number of ether oxygens (including phenoxy) is 2. The highest BCUT2D eigenvalue weighted by Crippen LogP contribution is 2.22. The zero-order chi connectivity index (χ0) is 23.3. The molecule has 0 saturated carbocycles. The highest BCUT2D eigenvalue weighted by molar-refractivity contribution is 5.75. The van der Waals surface area contributed by atoms with Crippen molar-refractivity contribution < 1.29 is 14.3 Å². The van der Waals surface area contributed by atoms with Crippen LogP contribution in [0.5, 0.6) is 11.5 Å². The number of unbranched alkanes of at least 4 members (excludes halogenated alkanes) is 11. The summed E-state index contributed by atoms with van der Waals surface area (Å²) in [5.41, 5.74) is 1.10. The van der Waals surface area contributed by atoms with Crippen LogP contribution < -0.4 is 14.8 Å². The number of rotatable bonds is 20. The maximum absolute atomic E-state index is 12.0. The van der Waals surface area contributed by atoms with Crippen molar-refractivity contribution in [2.24, 2.45) is 0 Å². The van der Waals surface area contributed by atoms with Crippen molar-refractivity contribution in [3.8, 4) is 11.5 Å². The summed E-state index contributed by atoms with van der Waals surface area (Å²) in [6.45, 7) is 2.91. The number of nitrogens with one attached hydrogen (secondary N) is 1. The number of methoxy groups -OCH3 is 2. The van der Waals surface area contributed by atoms with E-state index in [2.05, 4.69) is 24.4 Å². The molecule has 0 radical (unpaired) electrons. The lowest BCUT2D eigenvalue weighted by molar-refractivity contribution is -0.121. The van der Waals surface area contributed by atoms with Gasteiger partial charge in [0.2, 0.25) is 5.91 Å². The van der Waals surface area contributed by atoms with Crippen LogP contribution >= 0.6 is 0 Å². The van der Waals surface area contributed by atoms with Gasteiger partial charge in [-0.2, -0.15) is 0 Å². The first kappa shape index (κ1) is 28.1. The van der Waals surface area contributed by atoms with Crippen LogP contribution in [0.15, 0.2) is 30.4 Å². The Morgan fingerprint density at radius 2 is 1.31 bits per heavy atom. The third-order valence-corrected chi connectivity index (χ3v) is 5.81. The molecule has 0 aliphatic carbocycles. The van der Waals surface area contributed by atoms with Gasteiger partial charge in [0.05, 0.1) is 14.2 Å². The van der Waals surface area contributed by atoms with Crippen LogP contribution in [0.1, 0.15) is 102 Å². The second-order valence-corrected chi connectivity index (χ2v) is 8.66. The fraction of sp³-hybridized carbons (Fsp3) is 0.679. The molecule has 0 aliphatic rings. The van der Waals surface area contributed by atoms with Gasteiger partial charge in [0.15, 0.2) is 0 Å². The lowest BCUT2D eigenvalue weighted by Crippen LogP contribution is -2.25. The van der Waals surface area contributed by atoms with Gasteiger partial charge in [-0.1, -0.05) is 70.4 Å². The maximum atomic E-state index is 12.0. The van der Waals surface area contributed by atoms with Gasteiger partial charge in [0.25, 0.3) is 0 Å². The summed E-state index contributed by atoms with van der Waals surface area (Å²) in [5.74, 6) is 1.70. The number of carbonyl (C=O) groups excluding carboxylic acids is 1. The Hall–Kier alpha value is -1.97. The van der Waals surface area contributed by atoms with Crippen LogP contribution in [0.3, 0.4) is 0 Å². The highest BCUT2D eigenvalue weighted by atomic mass is 16.5. The number of hydrogen-bond donors (Lipinski definition) is 1. The molecule has 32 heavy (non-hydrogen) atoms. The fourth-order valence-corrected chi connectivity index (χ4v) is 3.80. The molecule has 0 bridgehead atoms. The summed E-state index contributed by atoms with van der Waals surface area (Å²) < 4.78 is 10.6. The normalized spacial score (nSPS) is 11.1. The number of carbonyl (C=O) groups is 1. The Morgan fingerprint density at radius 1 is 0.781 bits per heavy atom. The summed E-state index contributed by atoms with van der Waals surface area (Å²) in [5, 5.41) is 3.03. The van der Waals surface area contributed by atoms with Gasteiger partial charge in [-0.3, -0.25) is 4.79 Å². The fourth-order valence-electron chi connectivity index (χ4n) is 3.80. The zero-order valence-electron chi connectivity index (χ0n) is 20.9.